The maximum Gasteiger partial charge on any atom is 0.289 e. The van der Waals surface area contributed by atoms with Crippen LogP contribution in [0, 0.1) is 0 Å². The molecular weight excluding hydrogens is 372 g/mol. The Labute approximate surface area is 167 Å². The second-order valence-electron chi connectivity index (χ2n) is 6.35. The zero-order valence-corrected chi connectivity index (χ0v) is 15.9. The molecule has 138 valence electrons. The minimum Gasteiger partial charge on any atom is -0.272 e. The molecule has 0 fully saturated rings. The van der Waals surface area contributed by atoms with E-state index in [9.17, 15) is 4.79 Å². The first-order valence-corrected chi connectivity index (χ1v) is 9.14. The molecule has 28 heavy (non-hydrogen) atoms. The van der Waals surface area contributed by atoms with Gasteiger partial charge in [0.1, 0.15) is 5.69 Å². The van der Waals surface area contributed by atoms with Crippen molar-refractivity contribution in [1.29, 1.82) is 0 Å². The quantitative estimate of drug-likeness (QED) is 0.380. The molecule has 0 spiro atoms. The molecule has 1 aromatic heterocycles. The van der Waals surface area contributed by atoms with Gasteiger partial charge in [-0.1, -0.05) is 66.2 Å². The van der Waals surface area contributed by atoms with Crippen LogP contribution in [0.5, 0.6) is 0 Å². The summed E-state index contributed by atoms with van der Waals surface area (Å²) in [4.78, 5) is 12.4. The van der Waals surface area contributed by atoms with Crippen LogP contribution in [0.4, 0.5) is 0 Å². The number of aromatic amines is 1. The first kappa shape index (κ1) is 17.9. The monoisotopic (exact) mass is 388 g/mol. The number of amides is 1. The molecule has 0 radical (unpaired) electrons. The topological polar surface area (TPSA) is 70.1 Å². The van der Waals surface area contributed by atoms with Crippen LogP contribution in [-0.2, 0) is 0 Å². The molecular formula is C22H17ClN4O. The number of hydrogen-bond donors (Lipinski definition) is 2. The Balaban J connectivity index is 1.51. The Bertz CT molecular complexity index is 1200. The van der Waals surface area contributed by atoms with Crippen LogP contribution in [0.2, 0.25) is 5.02 Å². The van der Waals surface area contributed by atoms with Gasteiger partial charge < -0.3 is 0 Å². The van der Waals surface area contributed by atoms with Crippen molar-refractivity contribution in [2.75, 3.05) is 0 Å². The summed E-state index contributed by atoms with van der Waals surface area (Å²) in [5.74, 6) is -0.369. The van der Waals surface area contributed by atoms with Gasteiger partial charge in [-0.2, -0.15) is 10.2 Å². The van der Waals surface area contributed by atoms with Gasteiger partial charge in [-0.3, -0.25) is 9.89 Å². The minimum absolute atomic E-state index is 0.310. The van der Waals surface area contributed by atoms with Gasteiger partial charge in [0.2, 0.25) is 0 Å². The lowest BCUT2D eigenvalue weighted by molar-refractivity contribution is 0.0950. The Hall–Kier alpha value is -3.44. The van der Waals surface area contributed by atoms with Crippen molar-refractivity contribution in [3.05, 3.63) is 89.1 Å². The summed E-state index contributed by atoms with van der Waals surface area (Å²) in [6.07, 6.45) is 0. The molecule has 2 N–H and O–H groups in total. The molecule has 4 aromatic rings. The maximum atomic E-state index is 12.4. The zero-order chi connectivity index (χ0) is 19.5. The number of benzene rings is 3. The van der Waals surface area contributed by atoms with Gasteiger partial charge in [0.15, 0.2) is 0 Å². The maximum absolute atomic E-state index is 12.4. The second kappa shape index (κ2) is 7.66. The molecule has 1 amide bonds. The van der Waals surface area contributed by atoms with Crippen LogP contribution in [0.3, 0.4) is 0 Å². The van der Waals surface area contributed by atoms with E-state index in [1.165, 1.54) is 0 Å². The van der Waals surface area contributed by atoms with Crippen LogP contribution in [0.1, 0.15) is 23.0 Å². The predicted octanol–water partition coefficient (Wildman–Crippen LogP) is 5.04. The smallest absolute Gasteiger partial charge is 0.272 e. The first-order chi connectivity index (χ1) is 13.6. The van der Waals surface area contributed by atoms with Crippen LogP contribution < -0.4 is 5.43 Å². The van der Waals surface area contributed by atoms with E-state index in [4.69, 9.17) is 11.6 Å². The van der Waals surface area contributed by atoms with Gasteiger partial charge in [-0.15, -0.1) is 0 Å². The predicted molar refractivity (Wildman–Crippen MR) is 113 cm³/mol. The molecule has 1 heterocycles. The third-order valence-corrected chi connectivity index (χ3v) is 4.79. The summed E-state index contributed by atoms with van der Waals surface area (Å²) in [5, 5.41) is 14.0. The minimum atomic E-state index is -0.369. The largest absolute Gasteiger partial charge is 0.289 e. The zero-order valence-electron chi connectivity index (χ0n) is 15.1. The summed E-state index contributed by atoms with van der Waals surface area (Å²) in [5.41, 5.74) is 5.90. The average Bonchev–Trinajstić information content (AvgIpc) is 3.22. The molecule has 0 aliphatic heterocycles. The highest BCUT2D eigenvalue weighted by Gasteiger charge is 2.12. The van der Waals surface area contributed by atoms with Crippen LogP contribution in [-0.4, -0.2) is 21.8 Å². The summed E-state index contributed by atoms with van der Waals surface area (Å²) in [6.45, 7) is 1.85. The molecule has 0 saturated carbocycles. The van der Waals surface area contributed by atoms with Crippen molar-refractivity contribution in [2.45, 2.75) is 6.92 Å². The fourth-order valence-electron chi connectivity index (χ4n) is 2.92. The third kappa shape index (κ3) is 3.66. The number of carbonyl (C=O) groups is 1. The standard InChI is InChI=1S/C22H17ClN4O/c1-14(16-11-10-15-6-2-3-7-17(15)12-16)24-27-22(28)21-13-20(25-26-21)18-8-4-5-9-19(18)23/h2-13H,1H3,(H,25,26)(H,27,28)/b24-14+. The van der Waals surface area contributed by atoms with E-state index in [0.717, 1.165) is 21.9 Å². The number of hydrazone groups is 1. The molecule has 4 rings (SSSR count). The molecule has 0 aliphatic rings. The second-order valence-corrected chi connectivity index (χ2v) is 6.75. The molecule has 3 aromatic carbocycles. The lowest BCUT2D eigenvalue weighted by Crippen LogP contribution is -2.19. The van der Waals surface area contributed by atoms with Gasteiger partial charge in [-0.25, -0.2) is 5.43 Å². The van der Waals surface area contributed by atoms with Gasteiger partial charge in [-0.05, 0) is 41.5 Å². The SMILES string of the molecule is C/C(=N\NC(=O)c1cc(-c2ccccc2Cl)n[nH]1)c1ccc2ccccc2c1. The van der Waals surface area contributed by atoms with E-state index in [2.05, 4.69) is 26.8 Å². The van der Waals surface area contributed by atoms with Crippen LogP contribution >= 0.6 is 11.6 Å². The average molecular weight is 389 g/mol. The number of H-pyrrole nitrogens is 1. The van der Waals surface area contributed by atoms with Crippen molar-refractivity contribution in [3.63, 3.8) is 0 Å². The normalized spacial score (nSPS) is 11.6. The first-order valence-electron chi connectivity index (χ1n) is 8.76. The Morgan fingerprint density at radius 2 is 1.75 bits per heavy atom. The summed E-state index contributed by atoms with van der Waals surface area (Å²) in [6, 6.07) is 23.2. The van der Waals surface area contributed by atoms with Crippen LogP contribution in [0.25, 0.3) is 22.0 Å². The van der Waals surface area contributed by atoms with Crippen molar-refractivity contribution < 1.29 is 4.79 Å². The number of halogens is 1. The molecule has 0 unspecified atom stereocenters. The van der Waals surface area contributed by atoms with E-state index in [1.54, 1.807) is 12.1 Å². The number of aromatic nitrogens is 2. The summed E-state index contributed by atoms with van der Waals surface area (Å²) < 4.78 is 0. The molecule has 0 aliphatic carbocycles. The highest BCUT2D eigenvalue weighted by molar-refractivity contribution is 6.33. The Morgan fingerprint density at radius 1 is 1.00 bits per heavy atom. The molecule has 6 heteroatoms. The number of carbonyl (C=O) groups excluding carboxylic acids is 1. The van der Waals surface area contributed by atoms with E-state index in [0.29, 0.717) is 22.1 Å². The highest BCUT2D eigenvalue weighted by atomic mass is 35.5. The van der Waals surface area contributed by atoms with Gasteiger partial charge in [0, 0.05) is 5.56 Å². The molecule has 5 nitrogen and oxygen atoms in total. The van der Waals surface area contributed by atoms with Crippen molar-refractivity contribution in [3.8, 4) is 11.3 Å². The molecule has 0 saturated heterocycles. The van der Waals surface area contributed by atoms with Crippen molar-refractivity contribution in [2.24, 2.45) is 5.10 Å². The van der Waals surface area contributed by atoms with Crippen molar-refractivity contribution in [1.82, 2.24) is 15.6 Å². The Kier molecular flexibility index (Phi) is 4.91. The fraction of sp³-hybridized carbons (Fsp3) is 0.0455. The molecule has 0 atom stereocenters. The summed E-state index contributed by atoms with van der Waals surface area (Å²) in [7, 11) is 0. The third-order valence-electron chi connectivity index (χ3n) is 4.46. The number of rotatable bonds is 4. The van der Waals surface area contributed by atoms with Crippen LogP contribution in [0.15, 0.2) is 77.9 Å². The highest BCUT2D eigenvalue weighted by Crippen LogP contribution is 2.26. The van der Waals surface area contributed by atoms with E-state index < -0.39 is 0 Å². The number of hydrogen-bond acceptors (Lipinski definition) is 3. The van der Waals surface area contributed by atoms with E-state index in [-0.39, 0.29) is 5.91 Å². The number of nitrogens with zero attached hydrogens (tertiary/aromatic N) is 2. The lowest BCUT2D eigenvalue weighted by atomic mass is 10.0. The number of fused-ring (bicyclic) bond motifs is 1. The van der Waals surface area contributed by atoms with Gasteiger partial charge in [0.05, 0.1) is 16.4 Å². The van der Waals surface area contributed by atoms with Gasteiger partial charge in [0.25, 0.3) is 5.91 Å². The number of nitrogens with one attached hydrogen (secondary N) is 2. The summed E-state index contributed by atoms with van der Waals surface area (Å²) >= 11 is 6.18. The van der Waals surface area contributed by atoms with E-state index >= 15 is 0 Å². The van der Waals surface area contributed by atoms with E-state index in [1.807, 2.05) is 61.5 Å². The van der Waals surface area contributed by atoms with Gasteiger partial charge >= 0.3 is 0 Å². The fourth-order valence-corrected chi connectivity index (χ4v) is 3.15. The lowest BCUT2D eigenvalue weighted by Gasteiger charge is -2.04. The molecule has 0 bridgehead atoms. The Morgan fingerprint density at radius 3 is 2.57 bits per heavy atom. The van der Waals surface area contributed by atoms with Crippen molar-refractivity contribution >= 4 is 34.0 Å².